The van der Waals surface area contributed by atoms with Crippen molar-refractivity contribution in [1.29, 1.82) is 0 Å². The molecule has 0 unspecified atom stereocenters. The van der Waals surface area contributed by atoms with Crippen LogP contribution in [0.4, 0.5) is 5.69 Å². The number of carbonyl (C=O) groups is 2. The summed E-state index contributed by atoms with van der Waals surface area (Å²) in [5.74, 6) is -1.40. The fourth-order valence-electron chi connectivity index (χ4n) is 2.41. The fraction of sp³-hybridized carbons (Fsp3) is 0.312. The normalized spacial score (nSPS) is 10.6. The van der Waals surface area contributed by atoms with Crippen molar-refractivity contribution in [2.45, 2.75) is 33.7 Å². The first-order valence-electron chi connectivity index (χ1n) is 7.23. The maximum atomic E-state index is 12.5. The minimum absolute atomic E-state index is 0.00667. The van der Waals surface area contributed by atoms with E-state index in [2.05, 4.69) is 10.4 Å². The molecule has 2 aromatic rings. The first kappa shape index (κ1) is 17.0. The van der Waals surface area contributed by atoms with Crippen LogP contribution in [0.3, 0.4) is 0 Å². The Morgan fingerprint density at radius 2 is 2.04 bits per heavy atom. The number of nitrogens with one attached hydrogen (secondary N) is 1. The number of aromatic carboxylic acids is 1. The van der Waals surface area contributed by atoms with E-state index in [1.54, 1.807) is 6.92 Å². The number of carboxylic acid groups (broad SMARTS) is 1. The first-order valence-corrected chi connectivity index (χ1v) is 7.61. The standard InChI is InChI=1S/C16H18ClN3O3/c1-4-7-20-10(3)14(9(2)19-20)15(21)18-11-5-6-12(16(22)23)13(17)8-11/h5-6,8H,4,7H2,1-3H3,(H,18,21)(H,22,23). The first-order chi connectivity index (χ1) is 10.8. The van der Waals surface area contributed by atoms with Gasteiger partial charge in [0.15, 0.2) is 0 Å². The Kier molecular flexibility index (Phi) is 5.05. The lowest BCUT2D eigenvalue weighted by molar-refractivity contribution is 0.0697. The SMILES string of the molecule is CCCn1nc(C)c(C(=O)Nc2ccc(C(=O)O)c(Cl)c2)c1C. The van der Waals surface area contributed by atoms with Gasteiger partial charge >= 0.3 is 5.97 Å². The highest BCUT2D eigenvalue weighted by Gasteiger charge is 2.19. The lowest BCUT2D eigenvalue weighted by Gasteiger charge is -2.08. The summed E-state index contributed by atoms with van der Waals surface area (Å²) < 4.78 is 1.81. The van der Waals surface area contributed by atoms with Crippen molar-refractivity contribution in [3.63, 3.8) is 0 Å². The van der Waals surface area contributed by atoms with Crippen LogP contribution < -0.4 is 5.32 Å². The van der Waals surface area contributed by atoms with Gasteiger partial charge in [-0.05, 0) is 38.5 Å². The molecule has 0 radical (unpaired) electrons. The molecule has 0 bridgehead atoms. The maximum Gasteiger partial charge on any atom is 0.337 e. The van der Waals surface area contributed by atoms with E-state index >= 15 is 0 Å². The zero-order valence-corrected chi connectivity index (χ0v) is 13.9. The number of rotatable bonds is 5. The van der Waals surface area contributed by atoms with Gasteiger partial charge in [-0.3, -0.25) is 9.48 Å². The maximum absolute atomic E-state index is 12.5. The summed E-state index contributed by atoms with van der Waals surface area (Å²) in [6, 6.07) is 4.29. The molecular weight excluding hydrogens is 318 g/mol. The lowest BCUT2D eigenvalue weighted by atomic mass is 10.1. The molecule has 1 heterocycles. The van der Waals surface area contributed by atoms with Gasteiger partial charge in [0, 0.05) is 17.9 Å². The van der Waals surface area contributed by atoms with E-state index in [4.69, 9.17) is 16.7 Å². The molecule has 0 atom stereocenters. The molecule has 122 valence electrons. The van der Waals surface area contributed by atoms with E-state index in [-0.39, 0.29) is 16.5 Å². The summed E-state index contributed by atoms with van der Waals surface area (Å²) in [6.45, 7) is 6.43. The number of benzene rings is 1. The number of halogens is 1. The molecule has 1 amide bonds. The second-order valence-electron chi connectivity index (χ2n) is 5.22. The molecule has 0 fully saturated rings. The number of carboxylic acids is 1. The number of aryl methyl sites for hydroxylation is 2. The number of nitrogens with zero attached hydrogens (tertiary/aromatic N) is 2. The highest BCUT2D eigenvalue weighted by Crippen LogP contribution is 2.22. The predicted molar refractivity (Wildman–Crippen MR) is 88.4 cm³/mol. The van der Waals surface area contributed by atoms with Crippen molar-refractivity contribution >= 4 is 29.2 Å². The molecule has 6 nitrogen and oxygen atoms in total. The Hall–Kier alpha value is -2.34. The van der Waals surface area contributed by atoms with E-state index in [0.29, 0.717) is 16.9 Å². The smallest absolute Gasteiger partial charge is 0.337 e. The molecule has 0 aliphatic rings. The molecule has 1 aromatic carbocycles. The summed E-state index contributed by atoms with van der Waals surface area (Å²) in [5.41, 5.74) is 2.41. The van der Waals surface area contributed by atoms with Crippen molar-refractivity contribution in [3.8, 4) is 0 Å². The highest BCUT2D eigenvalue weighted by atomic mass is 35.5. The van der Waals surface area contributed by atoms with Crippen LogP contribution >= 0.6 is 11.6 Å². The van der Waals surface area contributed by atoms with Gasteiger partial charge in [0.05, 0.1) is 21.8 Å². The second kappa shape index (κ2) is 6.83. The number of anilines is 1. The van der Waals surface area contributed by atoms with Crippen LogP contribution in [0.1, 0.15) is 45.4 Å². The van der Waals surface area contributed by atoms with E-state index < -0.39 is 5.97 Å². The Balaban J connectivity index is 2.26. The molecule has 7 heteroatoms. The minimum atomic E-state index is -1.11. The summed E-state index contributed by atoms with van der Waals surface area (Å²) in [5, 5.41) is 16.1. The third kappa shape index (κ3) is 3.53. The van der Waals surface area contributed by atoms with E-state index in [0.717, 1.165) is 18.7 Å². The molecular formula is C16H18ClN3O3. The zero-order valence-electron chi connectivity index (χ0n) is 13.2. The van der Waals surface area contributed by atoms with Crippen molar-refractivity contribution in [2.75, 3.05) is 5.32 Å². The van der Waals surface area contributed by atoms with Gasteiger partial charge in [0.1, 0.15) is 0 Å². The van der Waals surface area contributed by atoms with E-state index in [1.807, 2.05) is 18.5 Å². The Morgan fingerprint density at radius 1 is 1.35 bits per heavy atom. The van der Waals surface area contributed by atoms with Crippen LogP contribution in [0.2, 0.25) is 5.02 Å². The molecule has 0 aliphatic carbocycles. The lowest BCUT2D eigenvalue weighted by Crippen LogP contribution is -2.14. The zero-order chi connectivity index (χ0) is 17.1. The molecule has 1 aromatic heterocycles. The minimum Gasteiger partial charge on any atom is -0.478 e. The quantitative estimate of drug-likeness (QED) is 0.875. The highest BCUT2D eigenvalue weighted by molar-refractivity contribution is 6.33. The number of aromatic nitrogens is 2. The molecule has 2 rings (SSSR count). The van der Waals surface area contributed by atoms with Crippen LogP contribution in [0.5, 0.6) is 0 Å². The largest absolute Gasteiger partial charge is 0.478 e. The van der Waals surface area contributed by atoms with Gasteiger partial charge in [0.25, 0.3) is 5.91 Å². The number of hydrogen-bond acceptors (Lipinski definition) is 3. The molecule has 0 spiro atoms. The van der Waals surface area contributed by atoms with Crippen molar-refractivity contribution in [3.05, 3.63) is 45.7 Å². The van der Waals surface area contributed by atoms with Crippen LogP contribution in [0.25, 0.3) is 0 Å². The molecule has 0 saturated heterocycles. The van der Waals surface area contributed by atoms with Gasteiger partial charge < -0.3 is 10.4 Å². The third-order valence-electron chi connectivity index (χ3n) is 3.50. The van der Waals surface area contributed by atoms with Crippen LogP contribution in [0.15, 0.2) is 18.2 Å². The van der Waals surface area contributed by atoms with Gasteiger partial charge in [-0.1, -0.05) is 18.5 Å². The fourth-order valence-corrected chi connectivity index (χ4v) is 2.68. The number of amides is 1. The van der Waals surface area contributed by atoms with Gasteiger partial charge in [-0.2, -0.15) is 5.10 Å². The van der Waals surface area contributed by atoms with Gasteiger partial charge in [0.2, 0.25) is 0 Å². The summed E-state index contributed by atoms with van der Waals surface area (Å²) in [4.78, 5) is 23.4. The molecule has 23 heavy (non-hydrogen) atoms. The Bertz CT molecular complexity index is 768. The summed E-state index contributed by atoms with van der Waals surface area (Å²) in [6.07, 6.45) is 0.926. The molecule has 0 saturated carbocycles. The van der Waals surface area contributed by atoms with Crippen molar-refractivity contribution < 1.29 is 14.7 Å². The van der Waals surface area contributed by atoms with Crippen LogP contribution in [-0.2, 0) is 6.54 Å². The Labute approximate surface area is 139 Å². The van der Waals surface area contributed by atoms with Crippen molar-refractivity contribution in [1.82, 2.24) is 9.78 Å². The average Bonchev–Trinajstić information content (AvgIpc) is 2.73. The number of carbonyl (C=O) groups excluding carboxylic acids is 1. The van der Waals surface area contributed by atoms with Gasteiger partial charge in [-0.15, -0.1) is 0 Å². The average molecular weight is 336 g/mol. The third-order valence-corrected chi connectivity index (χ3v) is 3.81. The second-order valence-corrected chi connectivity index (χ2v) is 5.63. The molecule has 0 aliphatic heterocycles. The van der Waals surface area contributed by atoms with Crippen LogP contribution in [0, 0.1) is 13.8 Å². The summed E-state index contributed by atoms with van der Waals surface area (Å²) in [7, 11) is 0. The summed E-state index contributed by atoms with van der Waals surface area (Å²) >= 11 is 5.91. The van der Waals surface area contributed by atoms with E-state index in [1.165, 1.54) is 18.2 Å². The predicted octanol–water partition coefficient (Wildman–Crippen LogP) is 3.51. The van der Waals surface area contributed by atoms with Gasteiger partial charge in [-0.25, -0.2) is 4.79 Å². The van der Waals surface area contributed by atoms with Crippen LogP contribution in [-0.4, -0.2) is 26.8 Å². The Morgan fingerprint density at radius 3 is 2.61 bits per heavy atom. The topological polar surface area (TPSA) is 84.2 Å². The van der Waals surface area contributed by atoms with Crippen molar-refractivity contribution in [2.24, 2.45) is 0 Å². The monoisotopic (exact) mass is 335 g/mol. The number of hydrogen-bond donors (Lipinski definition) is 2. The molecule has 2 N–H and O–H groups in total. The van der Waals surface area contributed by atoms with E-state index in [9.17, 15) is 9.59 Å².